The van der Waals surface area contributed by atoms with Crippen LogP contribution in [0.25, 0.3) is 22.2 Å². The predicted octanol–water partition coefficient (Wildman–Crippen LogP) is 3.70. The Kier molecular flexibility index (Phi) is 5.09. The van der Waals surface area contributed by atoms with Crippen molar-refractivity contribution in [2.24, 2.45) is 0 Å². The van der Waals surface area contributed by atoms with E-state index >= 15 is 0 Å². The zero-order valence-electron chi connectivity index (χ0n) is 15.7. The summed E-state index contributed by atoms with van der Waals surface area (Å²) in [6.45, 7) is 7.91. The van der Waals surface area contributed by atoms with E-state index in [2.05, 4.69) is 34.8 Å². The normalized spacial score (nSPS) is 12.5. The smallest absolute Gasteiger partial charge is 0.251 e. The largest absolute Gasteiger partial charge is 0.394 e. The van der Waals surface area contributed by atoms with Crippen LogP contribution >= 0.6 is 0 Å². The minimum Gasteiger partial charge on any atom is -0.394 e. The molecule has 0 unspecified atom stereocenters. The third-order valence-corrected chi connectivity index (χ3v) is 4.50. The van der Waals surface area contributed by atoms with Crippen LogP contribution in [-0.4, -0.2) is 33.2 Å². The topological polar surface area (TPSA) is 67.2 Å². The Bertz CT molecular complexity index is 926. The number of aromatic nitrogens is 2. The summed E-state index contributed by atoms with van der Waals surface area (Å²) in [5, 5.41) is 13.1. The molecule has 2 aromatic heterocycles. The van der Waals surface area contributed by atoms with Gasteiger partial charge in [-0.05, 0) is 57.5 Å². The summed E-state index contributed by atoms with van der Waals surface area (Å²) >= 11 is 0. The molecule has 3 rings (SSSR count). The highest BCUT2D eigenvalue weighted by Crippen LogP contribution is 2.31. The fraction of sp³-hybridized carbons (Fsp3) is 0.333. The average molecular weight is 351 g/mol. The molecule has 2 heterocycles. The maximum atomic E-state index is 12.6. The van der Waals surface area contributed by atoms with Gasteiger partial charge in [-0.25, -0.2) is 0 Å². The number of amides is 1. The van der Waals surface area contributed by atoms with Gasteiger partial charge < -0.3 is 15.0 Å². The zero-order chi connectivity index (χ0) is 18.8. The molecule has 0 saturated heterocycles. The van der Waals surface area contributed by atoms with Gasteiger partial charge in [-0.15, -0.1) is 0 Å². The van der Waals surface area contributed by atoms with Gasteiger partial charge in [-0.2, -0.15) is 0 Å². The van der Waals surface area contributed by atoms with Crippen LogP contribution < -0.4 is 5.32 Å². The lowest BCUT2D eigenvalue weighted by atomic mass is 10.0. The number of aliphatic hydroxyl groups excluding tert-OH is 1. The maximum Gasteiger partial charge on any atom is 0.251 e. The van der Waals surface area contributed by atoms with Gasteiger partial charge in [-0.1, -0.05) is 6.07 Å². The number of aliphatic hydroxyl groups is 1. The molecule has 1 atom stereocenters. The van der Waals surface area contributed by atoms with E-state index < -0.39 is 0 Å². The van der Waals surface area contributed by atoms with Crippen LogP contribution in [0.3, 0.4) is 0 Å². The average Bonchev–Trinajstić information content (AvgIpc) is 3.05. The maximum absolute atomic E-state index is 12.6. The van der Waals surface area contributed by atoms with Crippen LogP contribution in [-0.2, 0) is 0 Å². The Balaban J connectivity index is 2.18. The van der Waals surface area contributed by atoms with Gasteiger partial charge >= 0.3 is 0 Å². The molecule has 0 spiro atoms. The van der Waals surface area contributed by atoms with E-state index in [1.807, 2.05) is 43.6 Å². The molecular formula is C21H25N3O2. The minimum absolute atomic E-state index is 0.0945. The van der Waals surface area contributed by atoms with Gasteiger partial charge in [0.05, 0.1) is 12.3 Å². The van der Waals surface area contributed by atoms with Crippen LogP contribution in [0.1, 0.15) is 42.7 Å². The number of carbonyl (C=O) groups excluding carboxylic acids is 1. The fourth-order valence-electron chi connectivity index (χ4n) is 3.04. The van der Waals surface area contributed by atoms with Gasteiger partial charge in [0.25, 0.3) is 5.91 Å². The van der Waals surface area contributed by atoms with Crippen molar-refractivity contribution in [2.45, 2.75) is 39.8 Å². The lowest BCUT2D eigenvalue weighted by Gasteiger charge is -2.15. The number of nitrogens with one attached hydrogen (secondary N) is 1. The highest BCUT2D eigenvalue weighted by Gasteiger charge is 2.17. The summed E-state index contributed by atoms with van der Waals surface area (Å²) < 4.78 is 2.15. The molecule has 5 nitrogen and oxygen atoms in total. The summed E-state index contributed by atoms with van der Waals surface area (Å²) in [4.78, 5) is 17.2. The van der Waals surface area contributed by atoms with Crippen molar-refractivity contribution < 1.29 is 9.90 Å². The van der Waals surface area contributed by atoms with Crippen LogP contribution in [0.5, 0.6) is 0 Å². The van der Waals surface area contributed by atoms with E-state index in [0.717, 1.165) is 27.7 Å². The first kappa shape index (κ1) is 18.1. The molecule has 2 N–H and O–H groups in total. The molecule has 26 heavy (non-hydrogen) atoms. The van der Waals surface area contributed by atoms with Crippen molar-refractivity contribution in [1.29, 1.82) is 0 Å². The number of rotatable bonds is 5. The first-order valence-corrected chi connectivity index (χ1v) is 8.90. The third kappa shape index (κ3) is 3.48. The van der Waals surface area contributed by atoms with Gasteiger partial charge in [0, 0.05) is 46.5 Å². The van der Waals surface area contributed by atoms with Gasteiger partial charge in [0.1, 0.15) is 0 Å². The second-order valence-corrected chi connectivity index (χ2v) is 7.05. The quantitative estimate of drug-likeness (QED) is 0.736. The number of pyridine rings is 1. The van der Waals surface area contributed by atoms with Crippen LogP contribution in [0.2, 0.25) is 0 Å². The Morgan fingerprint density at radius 1 is 1.23 bits per heavy atom. The lowest BCUT2D eigenvalue weighted by Crippen LogP contribution is -2.35. The molecule has 1 aromatic carbocycles. The first-order valence-electron chi connectivity index (χ1n) is 8.90. The van der Waals surface area contributed by atoms with Crippen LogP contribution in [0.4, 0.5) is 0 Å². The fourth-order valence-corrected chi connectivity index (χ4v) is 3.04. The summed E-state index contributed by atoms with van der Waals surface area (Å²) in [5.74, 6) is -0.196. The van der Waals surface area contributed by atoms with Crippen LogP contribution in [0, 0.1) is 6.92 Å². The number of hydrogen-bond donors (Lipinski definition) is 2. The molecule has 0 aliphatic heterocycles. The number of aryl methyl sites for hydroxylation is 1. The number of benzene rings is 1. The summed E-state index contributed by atoms with van der Waals surface area (Å²) in [6.07, 6.45) is 3.88. The second-order valence-electron chi connectivity index (χ2n) is 7.05. The van der Waals surface area contributed by atoms with Crippen molar-refractivity contribution in [3.05, 3.63) is 53.9 Å². The van der Waals surface area contributed by atoms with E-state index in [9.17, 15) is 9.90 Å². The van der Waals surface area contributed by atoms with Gasteiger partial charge in [0.2, 0.25) is 0 Å². The zero-order valence-corrected chi connectivity index (χ0v) is 15.7. The molecule has 0 aliphatic rings. The van der Waals surface area contributed by atoms with Crippen molar-refractivity contribution in [3.63, 3.8) is 0 Å². The molecule has 136 valence electrons. The second kappa shape index (κ2) is 7.30. The van der Waals surface area contributed by atoms with Crippen molar-refractivity contribution >= 4 is 16.8 Å². The molecule has 5 heteroatoms. The molecule has 0 bridgehead atoms. The van der Waals surface area contributed by atoms with Crippen molar-refractivity contribution in [1.82, 2.24) is 14.9 Å². The summed E-state index contributed by atoms with van der Waals surface area (Å²) in [6, 6.07) is 9.85. The standard InChI is InChI=1S/C21H25N3O2/c1-13(2)24-8-7-17-18(19-6-5-14(3)11-22-19)9-16(10-20(17)24)21(26)23-15(4)12-25/h5-11,13,15,25H,12H2,1-4H3,(H,23,26)/t15-/m0/s1. The molecular weight excluding hydrogens is 326 g/mol. The lowest BCUT2D eigenvalue weighted by molar-refractivity contribution is 0.0922. The first-order chi connectivity index (χ1) is 12.4. The highest BCUT2D eigenvalue weighted by atomic mass is 16.3. The molecule has 0 radical (unpaired) electrons. The highest BCUT2D eigenvalue weighted by molar-refractivity contribution is 6.03. The Hall–Kier alpha value is -2.66. The Morgan fingerprint density at radius 3 is 2.62 bits per heavy atom. The van der Waals surface area contributed by atoms with E-state index in [0.29, 0.717) is 5.56 Å². The van der Waals surface area contributed by atoms with Crippen molar-refractivity contribution in [2.75, 3.05) is 6.61 Å². The predicted molar refractivity (Wildman–Crippen MR) is 104 cm³/mol. The molecule has 0 saturated carbocycles. The van der Waals surface area contributed by atoms with E-state index in [4.69, 9.17) is 0 Å². The number of fused-ring (bicyclic) bond motifs is 1. The minimum atomic E-state index is -0.295. The Labute approximate surface area is 153 Å². The van der Waals surface area contributed by atoms with Crippen molar-refractivity contribution in [3.8, 4) is 11.3 Å². The molecule has 1 amide bonds. The van der Waals surface area contributed by atoms with Crippen LogP contribution in [0.15, 0.2) is 42.7 Å². The molecule has 0 fully saturated rings. The van der Waals surface area contributed by atoms with E-state index in [1.165, 1.54) is 0 Å². The Morgan fingerprint density at radius 2 is 2.00 bits per heavy atom. The number of carbonyl (C=O) groups is 1. The molecule has 0 aliphatic carbocycles. The van der Waals surface area contributed by atoms with Gasteiger partial charge in [-0.3, -0.25) is 9.78 Å². The number of hydrogen-bond acceptors (Lipinski definition) is 3. The molecule has 3 aromatic rings. The number of nitrogens with zero attached hydrogens (tertiary/aromatic N) is 2. The van der Waals surface area contributed by atoms with E-state index in [-0.39, 0.29) is 24.6 Å². The SMILES string of the molecule is Cc1ccc(-c2cc(C(=O)N[C@@H](C)CO)cc3c2ccn3C(C)C)nc1. The third-order valence-electron chi connectivity index (χ3n) is 4.50. The summed E-state index contributed by atoms with van der Waals surface area (Å²) in [5.41, 5.74) is 4.43. The summed E-state index contributed by atoms with van der Waals surface area (Å²) in [7, 11) is 0. The van der Waals surface area contributed by atoms with E-state index in [1.54, 1.807) is 6.92 Å². The monoisotopic (exact) mass is 351 g/mol. The van der Waals surface area contributed by atoms with Gasteiger partial charge in [0.15, 0.2) is 0 Å².